The number of hydrogen-bond donors (Lipinski definition) is 1. The molecule has 0 saturated carbocycles. The first-order chi connectivity index (χ1) is 13.2. The van der Waals surface area contributed by atoms with Crippen LogP contribution in [0.1, 0.15) is 15.9 Å². The van der Waals surface area contributed by atoms with E-state index >= 15 is 0 Å². The number of aromatic nitrogens is 1. The lowest BCUT2D eigenvalue weighted by Crippen LogP contribution is -2.40. The van der Waals surface area contributed by atoms with Crippen molar-refractivity contribution in [1.82, 2.24) is 10.3 Å². The average molecular weight is 372 g/mol. The Morgan fingerprint density at radius 1 is 1.07 bits per heavy atom. The Hall–Kier alpha value is -2.80. The Bertz CT molecular complexity index is 781. The van der Waals surface area contributed by atoms with E-state index in [1.807, 2.05) is 12.1 Å². The molecule has 0 aliphatic carbocycles. The Labute approximate surface area is 158 Å². The Kier molecular flexibility index (Phi) is 6.13. The third kappa shape index (κ3) is 4.31. The van der Waals surface area contributed by atoms with E-state index in [-0.39, 0.29) is 17.9 Å². The van der Waals surface area contributed by atoms with Crippen LogP contribution in [0, 0.1) is 5.92 Å². The van der Waals surface area contributed by atoms with E-state index < -0.39 is 0 Å². The van der Waals surface area contributed by atoms with E-state index in [1.54, 1.807) is 24.5 Å². The Morgan fingerprint density at radius 3 is 2.41 bits per heavy atom. The van der Waals surface area contributed by atoms with Gasteiger partial charge in [0, 0.05) is 30.4 Å². The highest BCUT2D eigenvalue weighted by Crippen LogP contribution is 2.34. The van der Waals surface area contributed by atoms with E-state index in [0.717, 1.165) is 6.42 Å². The van der Waals surface area contributed by atoms with Gasteiger partial charge in [-0.2, -0.15) is 0 Å². The van der Waals surface area contributed by atoms with Gasteiger partial charge in [0.2, 0.25) is 0 Å². The highest BCUT2D eigenvalue weighted by atomic mass is 16.5. The lowest BCUT2D eigenvalue weighted by molar-refractivity contribution is 0.0921. The first-order valence-corrected chi connectivity index (χ1v) is 8.73. The predicted octanol–water partition coefficient (Wildman–Crippen LogP) is 2.09. The van der Waals surface area contributed by atoms with E-state index in [9.17, 15) is 4.79 Å². The van der Waals surface area contributed by atoms with Gasteiger partial charge >= 0.3 is 0 Å². The van der Waals surface area contributed by atoms with Gasteiger partial charge in [0.1, 0.15) is 5.75 Å². The van der Waals surface area contributed by atoms with Crippen LogP contribution in [0.4, 0.5) is 0 Å². The Morgan fingerprint density at radius 2 is 1.74 bits per heavy atom. The molecule has 0 bridgehead atoms. The van der Waals surface area contributed by atoms with Crippen molar-refractivity contribution in [2.75, 3.05) is 34.5 Å². The summed E-state index contributed by atoms with van der Waals surface area (Å²) in [7, 11) is 4.58. The van der Waals surface area contributed by atoms with Crippen LogP contribution in [0.5, 0.6) is 17.2 Å². The zero-order valence-electron chi connectivity index (χ0n) is 15.7. The van der Waals surface area contributed by atoms with Gasteiger partial charge in [-0.15, -0.1) is 0 Å². The minimum Gasteiger partial charge on any atom is -0.496 e. The largest absolute Gasteiger partial charge is 0.496 e. The molecular formula is C20H24N2O5. The Balaban J connectivity index is 1.76. The topological polar surface area (TPSA) is 78.9 Å². The van der Waals surface area contributed by atoms with E-state index in [1.165, 1.54) is 26.9 Å². The zero-order chi connectivity index (χ0) is 19.2. The summed E-state index contributed by atoms with van der Waals surface area (Å²) in [6.07, 6.45) is 4.36. The van der Waals surface area contributed by atoms with Gasteiger partial charge in [-0.25, -0.2) is 0 Å². The maximum Gasteiger partial charge on any atom is 0.255 e. The van der Waals surface area contributed by atoms with Gasteiger partial charge in [0.15, 0.2) is 11.5 Å². The smallest absolute Gasteiger partial charge is 0.255 e. The second kappa shape index (κ2) is 8.73. The fraction of sp³-hybridized carbons (Fsp3) is 0.400. The molecule has 2 heterocycles. The van der Waals surface area contributed by atoms with Crippen molar-refractivity contribution in [1.29, 1.82) is 0 Å². The van der Waals surface area contributed by atoms with Crippen LogP contribution in [0.15, 0.2) is 36.7 Å². The molecule has 1 aromatic heterocycles. The predicted molar refractivity (Wildman–Crippen MR) is 99.6 cm³/mol. The molecule has 1 amide bonds. The summed E-state index contributed by atoms with van der Waals surface area (Å²) in [5.41, 5.74) is 1.56. The van der Waals surface area contributed by atoms with Gasteiger partial charge < -0.3 is 24.3 Å². The third-order valence-electron chi connectivity index (χ3n) is 4.71. The molecule has 27 heavy (non-hydrogen) atoms. The number of rotatable bonds is 7. The first-order valence-electron chi connectivity index (χ1n) is 8.73. The summed E-state index contributed by atoms with van der Waals surface area (Å²) in [6.45, 7) is 1.09. The van der Waals surface area contributed by atoms with E-state index in [4.69, 9.17) is 18.9 Å². The molecule has 1 saturated heterocycles. The zero-order valence-corrected chi connectivity index (χ0v) is 15.7. The number of methoxy groups -OCH3 is 3. The van der Waals surface area contributed by atoms with Crippen LogP contribution < -0.4 is 19.5 Å². The van der Waals surface area contributed by atoms with Crippen LogP contribution in [0.2, 0.25) is 0 Å². The van der Waals surface area contributed by atoms with Crippen LogP contribution in [0.25, 0.3) is 0 Å². The summed E-state index contributed by atoms with van der Waals surface area (Å²) in [5, 5.41) is 3.07. The lowest BCUT2D eigenvalue weighted by Gasteiger charge is -2.20. The molecule has 1 aromatic carbocycles. The van der Waals surface area contributed by atoms with Gasteiger partial charge in [-0.1, -0.05) is 0 Å². The highest BCUT2D eigenvalue weighted by Gasteiger charge is 2.31. The highest BCUT2D eigenvalue weighted by molar-refractivity contribution is 5.98. The van der Waals surface area contributed by atoms with Crippen molar-refractivity contribution in [2.45, 2.75) is 12.5 Å². The summed E-state index contributed by atoms with van der Waals surface area (Å²) >= 11 is 0. The fourth-order valence-corrected chi connectivity index (χ4v) is 3.23. The van der Waals surface area contributed by atoms with E-state index in [2.05, 4.69) is 10.3 Å². The number of benzene rings is 1. The second-order valence-electron chi connectivity index (χ2n) is 6.34. The van der Waals surface area contributed by atoms with Crippen molar-refractivity contribution in [2.24, 2.45) is 5.92 Å². The van der Waals surface area contributed by atoms with Crippen molar-refractivity contribution < 1.29 is 23.7 Å². The molecule has 1 aliphatic rings. The molecule has 0 spiro atoms. The number of hydrogen-bond acceptors (Lipinski definition) is 6. The fourth-order valence-electron chi connectivity index (χ4n) is 3.23. The molecule has 7 nitrogen and oxygen atoms in total. The standard InChI is InChI=1S/C20H24N2O5/c1-24-17-10-19(26-3)18(25-2)9-15(17)20(23)22-16-12-27-11-14(16)8-13-4-6-21-7-5-13/h4-7,9-10,14,16H,8,11-12H2,1-3H3,(H,22,23)/t14-,16+/m1/s1. The quantitative estimate of drug-likeness (QED) is 0.802. The average Bonchev–Trinajstić information content (AvgIpc) is 3.13. The third-order valence-corrected chi connectivity index (χ3v) is 4.71. The van der Waals surface area contributed by atoms with Crippen molar-refractivity contribution >= 4 is 5.91 Å². The molecular weight excluding hydrogens is 348 g/mol. The van der Waals surface area contributed by atoms with Crippen LogP contribution in [-0.2, 0) is 11.2 Å². The van der Waals surface area contributed by atoms with Gasteiger partial charge in [0.05, 0.1) is 46.1 Å². The molecule has 7 heteroatoms. The molecule has 3 rings (SSSR count). The van der Waals surface area contributed by atoms with Crippen LogP contribution in [-0.4, -0.2) is 51.5 Å². The molecule has 1 fully saturated rings. The van der Waals surface area contributed by atoms with E-state index in [0.29, 0.717) is 36.0 Å². The van der Waals surface area contributed by atoms with Gasteiger partial charge in [-0.05, 0) is 24.1 Å². The molecule has 144 valence electrons. The number of pyridine rings is 1. The van der Waals surface area contributed by atoms with Crippen LogP contribution >= 0.6 is 0 Å². The maximum absolute atomic E-state index is 12.9. The van der Waals surface area contributed by atoms with Crippen molar-refractivity contribution in [3.8, 4) is 17.2 Å². The number of carbonyl (C=O) groups excluding carboxylic acids is 1. The number of nitrogens with one attached hydrogen (secondary N) is 1. The summed E-state index contributed by atoms with van der Waals surface area (Å²) in [4.78, 5) is 16.9. The summed E-state index contributed by atoms with van der Waals surface area (Å²) < 4.78 is 21.5. The van der Waals surface area contributed by atoms with Crippen LogP contribution in [0.3, 0.4) is 0 Å². The minimum absolute atomic E-state index is 0.0801. The molecule has 0 radical (unpaired) electrons. The molecule has 2 aromatic rings. The normalized spacial score (nSPS) is 18.8. The molecule has 1 N–H and O–H groups in total. The van der Waals surface area contributed by atoms with Gasteiger partial charge in [-0.3, -0.25) is 9.78 Å². The number of amides is 1. The number of carbonyl (C=O) groups is 1. The summed E-state index contributed by atoms with van der Waals surface area (Å²) in [6, 6.07) is 7.15. The number of nitrogens with zero attached hydrogens (tertiary/aromatic N) is 1. The minimum atomic E-state index is -0.233. The lowest BCUT2D eigenvalue weighted by atomic mass is 9.95. The second-order valence-corrected chi connectivity index (χ2v) is 6.34. The van der Waals surface area contributed by atoms with Crippen molar-refractivity contribution in [3.63, 3.8) is 0 Å². The maximum atomic E-state index is 12.9. The molecule has 2 atom stereocenters. The summed E-state index contributed by atoms with van der Waals surface area (Å²) in [5.74, 6) is 1.37. The molecule has 0 unspecified atom stereocenters. The number of ether oxygens (including phenoxy) is 4. The molecule has 1 aliphatic heterocycles. The van der Waals surface area contributed by atoms with Gasteiger partial charge in [0.25, 0.3) is 5.91 Å². The first kappa shape index (κ1) is 19.0. The van der Waals surface area contributed by atoms with Crippen molar-refractivity contribution in [3.05, 3.63) is 47.8 Å². The monoisotopic (exact) mass is 372 g/mol. The SMILES string of the molecule is COc1cc(OC)c(C(=O)N[C@H]2COC[C@H]2Cc2ccncc2)cc1OC.